The molecule has 0 radical (unpaired) electrons. The third kappa shape index (κ3) is 4.60. The Labute approximate surface area is 127 Å². The first kappa shape index (κ1) is 16.1. The van der Waals surface area contributed by atoms with Gasteiger partial charge in [0.2, 0.25) is 0 Å². The van der Waals surface area contributed by atoms with E-state index >= 15 is 0 Å². The number of nitriles is 1. The van der Waals surface area contributed by atoms with Crippen LogP contribution in [0.25, 0.3) is 0 Å². The average molecular weight is 293 g/mol. The minimum absolute atomic E-state index is 0.241. The summed E-state index contributed by atoms with van der Waals surface area (Å²) in [7, 11) is 0. The van der Waals surface area contributed by atoms with E-state index in [1.165, 1.54) is 6.42 Å². The van der Waals surface area contributed by atoms with Crippen LogP contribution in [0.3, 0.4) is 0 Å². The second kappa shape index (κ2) is 6.65. The normalized spacial score (nSPS) is 29.0. The van der Waals surface area contributed by atoms with Crippen LogP contribution in [0.15, 0.2) is 0 Å². The summed E-state index contributed by atoms with van der Waals surface area (Å²) in [5.41, 5.74) is -0.443. The van der Waals surface area contributed by atoms with Crippen molar-refractivity contribution in [3.05, 3.63) is 0 Å². The Kier molecular flexibility index (Phi) is 5.10. The Hall–Kier alpha value is -1.28. The van der Waals surface area contributed by atoms with Gasteiger partial charge in [0.25, 0.3) is 0 Å². The van der Waals surface area contributed by atoms with Crippen LogP contribution in [0.5, 0.6) is 0 Å². The Morgan fingerprint density at radius 2 is 2.14 bits per heavy atom. The van der Waals surface area contributed by atoms with E-state index in [0.29, 0.717) is 18.3 Å². The maximum absolute atomic E-state index is 11.9. The maximum atomic E-state index is 11.9. The van der Waals surface area contributed by atoms with Crippen LogP contribution in [0.1, 0.15) is 46.5 Å². The number of alkyl carbamates (subject to hydrolysis) is 1. The van der Waals surface area contributed by atoms with Crippen LogP contribution in [-0.4, -0.2) is 42.3 Å². The van der Waals surface area contributed by atoms with Gasteiger partial charge in [0.15, 0.2) is 0 Å². The molecule has 1 N–H and O–H groups in total. The number of carbonyl (C=O) groups excluding carboxylic acids is 1. The van der Waals surface area contributed by atoms with E-state index in [9.17, 15) is 4.79 Å². The van der Waals surface area contributed by atoms with Crippen LogP contribution in [0.4, 0.5) is 4.79 Å². The van der Waals surface area contributed by atoms with Gasteiger partial charge in [0.1, 0.15) is 5.60 Å². The van der Waals surface area contributed by atoms with E-state index in [0.717, 1.165) is 32.5 Å². The lowest BCUT2D eigenvalue weighted by Crippen LogP contribution is -2.42. The first-order valence-electron chi connectivity index (χ1n) is 7.98. The lowest BCUT2D eigenvalue weighted by molar-refractivity contribution is 0.0491. The summed E-state index contributed by atoms with van der Waals surface area (Å²) >= 11 is 0. The number of hydrogen-bond acceptors (Lipinski definition) is 4. The highest BCUT2D eigenvalue weighted by molar-refractivity contribution is 5.68. The molecule has 21 heavy (non-hydrogen) atoms. The molecule has 118 valence electrons. The summed E-state index contributed by atoms with van der Waals surface area (Å²) in [6, 6.07) is 2.44. The molecule has 0 aromatic heterocycles. The maximum Gasteiger partial charge on any atom is 0.407 e. The second-order valence-electron chi connectivity index (χ2n) is 7.28. The van der Waals surface area contributed by atoms with E-state index in [-0.39, 0.29) is 12.1 Å². The van der Waals surface area contributed by atoms with Gasteiger partial charge in [-0.3, -0.25) is 0 Å². The lowest BCUT2D eigenvalue weighted by atomic mass is 9.98. The zero-order valence-corrected chi connectivity index (χ0v) is 13.4. The number of hydrogen-bond donors (Lipinski definition) is 1. The third-order valence-corrected chi connectivity index (χ3v) is 4.40. The zero-order chi connectivity index (χ0) is 15.5. The molecule has 1 aliphatic carbocycles. The van der Waals surface area contributed by atoms with Gasteiger partial charge in [-0.1, -0.05) is 0 Å². The second-order valence-corrected chi connectivity index (χ2v) is 7.28. The van der Waals surface area contributed by atoms with Gasteiger partial charge < -0.3 is 15.0 Å². The van der Waals surface area contributed by atoms with Crippen molar-refractivity contribution in [2.24, 2.45) is 11.8 Å². The van der Waals surface area contributed by atoms with Crippen LogP contribution < -0.4 is 5.32 Å². The van der Waals surface area contributed by atoms with Crippen molar-refractivity contribution >= 4 is 6.09 Å². The molecule has 1 saturated carbocycles. The molecule has 1 amide bonds. The van der Waals surface area contributed by atoms with E-state index in [1.54, 1.807) is 0 Å². The molecular formula is C16H27N3O2. The van der Waals surface area contributed by atoms with Crippen molar-refractivity contribution < 1.29 is 9.53 Å². The van der Waals surface area contributed by atoms with Crippen molar-refractivity contribution in [2.75, 3.05) is 19.6 Å². The summed E-state index contributed by atoms with van der Waals surface area (Å²) in [5, 5.41) is 11.7. The number of nitrogens with zero attached hydrogens (tertiary/aromatic N) is 2. The van der Waals surface area contributed by atoms with E-state index in [2.05, 4.69) is 16.3 Å². The van der Waals surface area contributed by atoms with Gasteiger partial charge in [0.05, 0.1) is 6.07 Å². The SMILES string of the molecule is CC(C)(C)OC(=O)N[C@@H]1CC[C@H]2CN(CCCC#N)C[C@H]21. The Morgan fingerprint density at radius 1 is 1.38 bits per heavy atom. The van der Waals surface area contributed by atoms with Gasteiger partial charge in [-0.2, -0.15) is 5.26 Å². The van der Waals surface area contributed by atoms with E-state index in [4.69, 9.17) is 10.00 Å². The quantitative estimate of drug-likeness (QED) is 0.809. The van der Waals surface area contributed by atoms with E-state index < -0.39 is 5.60 Å². The van der Waals surface area contributed by atoms with Crippen molar-refractivity contribution in [3.8, 4) is 6.07 Å². The largest absolute Gasteiger partial charge is 0.444 e. The van der Waals surface area contributed by atoms with Crippen LogP contribution in [-0.2, 0) is 4.74 Å². The number of unbranched alkanes of at least 4 members (excludes halogenated alkanes) is 1. The Bertz CT molecular complexity index is 411. The molecule has 3 atom stereocenters. The minimum atomic E-state index is -0.443. The highest BCUT2D eigenvalue weighted by atomic mass is 16.6. The van der Waals surface area contributed by atoms with Gasteiger partial charge in [0, 0.05) is 25.6 Å². The monoisotopic (exact) mass is 293 g/mol. The van der Waals surface area contributed by atoms with Gasteiger partial charge in [-0.15, -0.1) is 0 Å². The molecule has 5 heteroatoms. The molecule has 0 unspecified atom stereocenters. The van der Waals surface area contributed by atoms with Crippen LogP contribution in [0.2, 0.25) is 0 Å². The van der Waals surface area contributed by atoms with Gasteiger partial charge in [-0.05, 0) is 58.4 Å². The molecule has 0 aromatic carbocycles. The topological polar surface area (TPSA) is 65.4 Å². The average Bonchev–Trinajstić information content (AvgIpc) is 2.89. The van der Waals surface area contributed by atoms with Crippen molar-refractivity contribution in [2.45, 2.75) is 58.1 Å². The molecule has 1 saturated heterocycles. The number of amides is 1. The Morgan fingerprint density at radius 3 is 2.81 bits per heavy atom. The molecule has 2 fully saturated rings. The molecule has 2 aliphatic rings. The molecule has 1 aliphatic heterocycles. The lowest BCUT2D eigenvalue weighted by Gasteiger charge is -2.25. The fourth-order valence-corrected chi connectivity index (χ4v) is 3.56. The van der Waals surface area contributed by atoms with Crippen LogP contribution in [0, 0.1) is 23.2 Å². The molecule has 5 nitrogen and oxygen atoms in total. The Balaban J connectivity index is 1.79. The molecular weight excluding hydrogens is 266 g/mol. The first-order chi connectivity index (χ1) is 9.89. The van der Waals surface area contributed by atoms with Crippen molar-refractivity contribution in [1.82, 2.24) is 10.2 Å². The predicted octanol–water partition coefficient (Wildman–Crippen LogP) is 2.53. The van der Waals surface area contributed by atoms with Gasteiger partial charge in [-0.25, -0.2) is 4.79 Å². The molecule has 0 spiro atoms. The summed E-state index contributed by atoms with van der Waals surface area (Å²) in [6.07, 6.45) is 3.52. The molecule has 1 heterocycles. The van der Waals surface area contributed by atoms with Crippen molar-refractivity contribution in [3.63, 3.8) is 0 Å². The first-order valence-corrected chi connectivity index (χ1v) is 7.98. The standard InChI is InChI=1S/C16H27N3O2/c1-16(2,3)21-15(20)18-14-7-6-12-10-19(11-13(12)14)9-5-4-8-17/h12-14H,4-7,9-11H2,1-3H3,(H,18,20)/t12-,13+,14+/m0/s1. The number of ether oxygens (including phenoxy) is 1. The highest BCUT2D eigenvalue weighted by Crippen LogP contribution is 2.38. The summed E-state index contributed by atoms with van der Waals surface area (Å²) in [4.78, 5) is 14.4. The zero-order valence-electron chi connectivity index (χ0n) is 13.4. The smallest absolute Gasteiger partial charge is 0.407 e. The number of carbonyl (C=O) groups is 1. The third-order valence-electron chi connectivity index (χ3n) is 4.40. The summed E-state index contributed by atoms with van der Waals surface area (Å²) in [5.74, 6) is 1.23. The van der Waals surface area contributed by atoms with Crippen molar-refractivity contribution in [1.29, 1.82) is 5.26 Å². The fourth-order valence-electron chi connectivity index (χ4n) is 3.56. The molecule has 0 bridgehead atoms. The number of fused-ring (bicyclic) bond motifs is 1. The van der Waals surface area contributed by atoms with E-state index in [1.807, 2.05) is 20.8 Å². The van der Waals surface area contributed by atoms with Gasteiger partial charge >= 0.3 is 6.09 Å². The number of rotatable bonds is 4. The predicted molar refractivity (Wildman–Crippen MR) is 80.7 cm³/mol. The molecule has 0 aromatic rings. The molecule has 2 rings (SSSR count). The number of likely N-dealkylation sites (tertiary alicyclic amines) is 1. The minimum Gasteiger partial charge on any atom is -0.444 e. The fraction of sp³-hybridized carbons (Fsp3) is 0.875. The summed E-state index contributed by atoms with van der Waals surface area (Å²) in [6.45, 7) is 8.81. The van der Waals surface area contributed by atoms with Crippen LogP contribution >= 0.6 is 0 Å². The number of nitrogens with one attached hydrogen (secondary N) is 1. The highest BCUT2D eigenvalue weighted by Gasteiger charge is 2.43. The summed E-state index contributed by atoms with van der Waals surface area (Å²) < 4.78 is 5.35.